The Bertz CT molecular complexity index is 762. The van der Waals surface area contributed by atoms with E-state index in [0.29, 0.717) is 0 Å². The van der Waals surface area contributed by atoms with E-state index in [9.17, 15) is 10.1 Å². The number of rotatable bonds is 3. The van der Waals surface area contributed by atoms with Gasteiger partial charge in [0.15, 0.2) is 5.75 Å². The average Bonchev–Trinajstić information content (AvgIpc) is 2.90. The number of H-pyrrole nitrogens is 1. The van der Waals surface area contributed by atoms with Crippen LogP contribution in [0.4, 0.5) is 5.69 Å². The van der Waals surface area contributed by atoms with Gasteiger partial charge in [-0.25, -0.2) is 0 Å². The van der Waals surface area contributed by atoms with Crippen LogP contribution in [0.2, 0.25) is 0 Å². The molecule has 3 aromatic rings. The Balaban J connectivity index is 2.14. The summed E-state index contributed by atoms with van der Waals surface area (Å²) in [5.74, 6) is 0.247. The molecular formula is C14H11N3O3. The van der Waals surface area contributed by atoms with Crippen molar-refractivity contribution in [2.75, 3.05) is 7.11 Å². The maximum absolute atomic E-state index is 11.0. The lowest BCUT2D eigenvalue weighted by atomic mass is 10.1. The third-order valence-corrected chi connectivity index (χ3v) is 3.11. The summed E-state index contributed by atoms with van der Waals surface area (Å²) in [4.78, 5) is 17.8. The fourth-order valence-electron chi connectivity index (χ4n) is 2.13. The van der Waals surface area contributed by atoms with E-state index in [1.807, 2.05) is 12.1 Å². The molecule has 2 heterocycles. The van der Waals surface area contributed by atoms with Gasteiger partial charge < -0.3 is 9.72 Å². The first-order valence-corrected chi connectivity index (χ1v) is 5.94. The van der Waals surface area contributed by atoms with E-state index in [1.54, 1.807) is 24.5 Å². The van der Waals surface area contributed by atoms with E-state index in [4.69, 9.17) is 4.74 Å². The quantitative estimate of drug-likeness (QED) is 0.585. The van der Waals surface area contributed by atoms with E-state index in [1.165, 1.54) is 13.2 Å². The largest absolute Gasteiger partial charge is 0.490 e. The first-order chi connectivity index (χ1) is 9.69. The summed E-state index contributed by atoms with van der Waals surface area (Å²) in [6, 6.07) is 8.64. The maximum Gasteiger partial charge on any atom is 0.311 e. The van der Waals surface area contributed by atoms with Gasteiger partial charge in [0.1, 0.15) is 0 Å². The highest BCUT2D eigenvalue weighted by molar-refractivity contribution is 5.85. The Morgan fingerprint density at radius 2 is 2.15 bits per heavy atom. The average molecular weight is 269 g/mol. The molecule has 1 N–H and O–H groups in total. The van der Waals surface area contributed by atoms with Gasteiger partial charge in [-0.05, 0) is 24.3 Å². The lowest BCUT2D eigenvalue weighted by Gasteiger charge is -2.03. The number of hydrogen-bond acceptors (Lipinski definition) is 4. The zero-order valence-electron chi connectivity index (χ0n) is 10.7. The van der Waals surface area contributed by atoms with E-state index in [0.717, 1.165) is 22.2 Å². The fourth-order valence-corrected chi connectivity index (χ4v) is 2.13. The SMILES string of the molecule is COc1ccc(-c2cc3cnccc3[nH]2)cc1[N+](=O)[O-]. The molecule has 6 heteroatoms. The van der Waals surface area contributed by atoms with Crippen LogP contribution < -0.4 is 4.74 Å². The van der Waals surface area contributed by atoms with Crippen LogP contribution in [0.3, 0.4) is 0 Å². The van der Waals surface area contributed by atoms with Gasteiger partial charge in [-0.3, -0.25) is 15.1 Å². The molecule has 3 rings (SSSR count). The van der Waals surface area contributed by atoms with Crippen molar-refractivity contribution >= 4 is 16.6 Å². The van der Waals surface area contributed by atoms with E-state index in [2.05, 4.69) is 9.97 Å². The molecule has 0 aliphatic rings. The number of benzene rings is 1. The van der Waals surface area contributed by atoms with Gasteiger partial charge in [0.25, 0.3) is 0 Å². The summed E-state index contributed by atoms with van der Waals surface area (Å²) in [5.41, 5.74) is 2.42. The summed E-state index contributed by atoms with van der Waals surface area (Å²) >= 11 is 0. The summed E-state index contributed by atoms with van der Waals surface area (Å²) < 4.78 is 4.99. The van der Waals surface area contributed by atoms with Gasteiger partial charge in [0.2, 0.25) is 0 Å². The van der Waals surface area contributed by atoms with Gasteiger partial charge in [-0.15, -0.1) is 0 Å². The second-order valence-corrected chi connectivity index (χ2v) is 4.29. The number of aromatic amines is 1. The predicted molar refractivity (Wildman–Crippen MR) is 74.7 cm³/mol. The molecule has 0 atom stereocenters. The molecule has 0 amide bonds. The molecule has 0 saturated heterocycles. The summed E-state index contributed by atoms with van der Waals surface area (Å²) in [7, 11) is 1.41. The van der Waals surface area contributed by atoms with Crippen LogP contribution in [0.1, 0.15) is 0 Å². The molecule has 6 nitrogen and oxygen atoms in total. The second kappa shape index (κ2) is 4.65. The van der Waals surface area contributed by atoms with Gasteiger partial charge in [-0.1, -0.05) is 0 Å². The first kappa shape index (κ1) is 12.2. The number of nitro benzene ring substituents is 1. The fraction of sp³-hybridized carbons (Fsp3) is 0.0714. The number of fused-ring (bicyclic) bond motifs is 1. The highest BCUT2D eigenvalue weighted by Crippen LogP contribution is 2.32. The normalized spacial score (nSPS) is 10.7. The lowest BCUT2D eigenvalue weighted by molar-refractivity contribution is -0.385. The molecule has 0 bridgehead atoms. The topological polar surface area (TPSA) is 81.0 Å². The van der Waals surface area contributed by atoms with Crippen LogP contribution in [-0.4, -0.2) is 22.0 Å². The van der Waals surface area contributed by atoms with Crippen LogP contribution in [-0.2, 0) is 0 Å². The van der Waals surface area contributed by atoms with E-state index in [-0.39, 0.29) is 11.4 Å². The third-order valence-electron chi connectivity index (χ3n) is 3.11. The summed E-state index contributed by atoms with van der Waals surface area (Å²) in [6.07, 6.45) is 3.44. The number of nitro groups is 1. The molecule has 0 saturated carbocycles. The predicted octanol–water partition coefficient (Wildman–Crippen LogP) is 3.15. The lowest BCUT2D eigenvalue weighted by Crippen LogP contribution is -1.94. The number of hydrogen-bond donors (Lipinski definition) is 1. The van der Waals surface area contributed by atoms with Crippen molar-refractivity contribution in [3.63, 3.8) is 0 Å². The number of ether oxygens (including phenoxy) is 1. The molecule has 0 spiro atoms. The molecule has 2 aromatic heterocycles. The van der Waals surface area contributed by atoms with E-state index >= 15 is 0 Å². The Labute approximate surface area is 114 Å². The molecule has 20 heavy (non-hydrogen) atoms. The van der Waals surface area contributed by atoms with Crippen LogP contribution >= 0.6 is 0 Å². The van der Waals surface area contributed by atoms with Crippen LogP contribution in [0.25, 0.3) is 22.2 Å². The monoisotopic (exact) mass is 269 g/mol. The van der Waals surface area contributed by atoms with E-state index < -0.39 is 4.92 Å². The Kier molecular flexibility index (Phi) is 2.83. The Morgan fingerprint density at radius 3 is 2.85 bits per heavy atom. The van der Waals surface area contributed by atoms with Crippen molar-refractivity contribution in [1.82, 2.24) is 9.97 Å². The Morgan fingerprint density at radius 1 is 1.30 bits per heavy atom. The van der Waals surface area contributed by atoms with Gasteiger partial charge >= 0.3 is 5.69 Å². The first-order valence-electron chi connectivity index (χ1n) is 5.94. The van der Waals surface area contributed by atoms with Crippen molar-refractivity contribution in [3.8, 4) is 17.0 Å². The van der Waals surface area contributed by atoms with Crippen molar-refractivity contribution in [2.45, 2.75) is 0 Å². The van der Waals surface area contributed by atoms with Crippen LogP contribution in [0, 0.1) is 10.1 Å². The van der Waals surface area contributed by atoms with Gasteiger partial charge in [0, 0.05) is 40.6 Å². The molecule has 0 fully saturated rings. The molecule has 0 unspecified atom stereocenters. The highest BCUT2D eigenvalue weighted by Gasteiger charge is 2.16. The standard InChI is InChI=1S/C14H11N3O3/c1-20-14-3-2-9(7-13(14)17(18)19)12-6-10-8-15-5-4-11(10)16-12/h2-8,16H,1H3. The minimum atomic E-state index is -0.452. The highest BCUT2D eigenvalue weighted by atomic mass is 16.6. The molecule has 1 aromatic carbocycles. The van der Waals surface area contributed by atoms with Crippen molar-refractivity contribution in [1.29, 1.82) is 0 Å². The second-order valence-electron chi connectivity index (χ2n) is 4.29. The van der Waals surface area contributed by atoms with Crippen molar-refractivity contribution in [3.05, 3.63) is 52.8 Å². The van der Waals surface area contributed by atoms with Gasteiger partial charge in [-0.2, -0.15) is 0 Å². The van der Waals surface area contributed by atoms with Crippen molar-refractivity contribution < 1.29 is 9.66 Å². The van der Waals surface area contributed by atoms with Gasteiger partial charge in [0.05, 0.1) is 12.0 Å². The zero-order valence-corrected chi connectivity index (χ0v) is 10.7. The number of pyridine rings is 1. The minimum Gasteiger partial charge on any atom is -0.490 e. The maximum atomic E-state index is 11.0. The minimum absolute atomic E-state index is 0.0539. The molecule has 100 valence electrons. The number of methoxy groups -OCH3 is 1. The number of aromatic nitrogens is 2. The number of nitrogens with one attached hydrogen (secondary N) is 1. The Hall–Kier alpha value is -2.89. The van der Waals surface area contributed by atoms with Crippen LogP contribution in [0.15, 0.2) is 42.7 Å². The third kappa shape index (κ3) is 1.97. The molecule has 0 aliphatic heterocycles. The number of nitrogens with zero attached hydrogens (tertiary/aromatic N) is 2. The summed E-state index contributed by atoms with van der Waals surface area (Å²) in [5, 5.41) is 12.0. The van der Waals surface area contributed by atoms with Crippen molar-refractivity contribution in [2.24, 2.45) is 0 Å². The smallest absolute Gasteiger partial charge is 0.311 e. The molecule has 0 radical (unpaired) electrons. The summed E-state index contributed by atoms with van der Waals surface area (Å²) in [6.45, 7) is 0. The molecular weight excluding hydrogens is 258 g/mol. The van der Waals surface area contributed by atoms with Crippen LogP contribution in [0.5, 0.6) is 5.75 Å². The molecule has 0 aliphatic carbocycles. The zero-order chi connectivity index (χ0) is 14.1.